The number of imidazole rings is 1. The van der Waals surface area contributed by atoms with E-state index in [-0.39, 0.29) is 12.5 Å². The molecule has 6 nitrogen and oxygen atoms in total. The zero-order chi connectivity index (χ0) is 16.4. The lowest BCUT2D eigenvalue weighted by Crippen LogP contribution is -2.40. The van der Waals surface area contributed by atoms with Gasteiger partial charge in [-0.2, -0.15) is 0 Å². The number of rotatable bonds is 3. The summed E-state index contributed by atoms with van der Waals surface area (Å²) in [6.07, 6.45) is 4.49. The first-order valence-corrected chi connectivity index (χ1v) is 7.58. The molecule has 1 aliphatic rings. The van der Waals surface area contributed by atoms with E-state index < -0.39 is 6.10 Å². The normalized spacial score (nSPS) is 15.8. The van der Waals surface area contributed by atoms with Crippen molar-refractivity contribution in [3.8, 4) is 17.2 Å². The van der Waals surface area contributed by atoms with Gasteiger partial charge in [-0.3, -0.25) is 4.79 Å². The van der Waals surface area contributed by atoms with E-state index in [1.54, 1.807) is 18.6 Å². The summed E-state index contributed by atoms with van der Waals surface area (Å²) in [7, 11) is 0. The van der Waals surface area contributed by atoms with Crippen LogP contribution in [0.25, 0.3) is 5.69 Å². The fourth-order valence-corrected chi connectivity index (χ4v) is 2.57. The van der Waals surface area contributed by atoms with Crippen molar-refractivity contribution in [2.75, 3.05) is 11.9 Å². The maximum atomic E-state index is 12.6. The van der Waals surface area contributed by atoms with E-state index in [0.29, 0.717) is 17.2 Å². The number of hydrogen-bond acceptors (Lipinski definition) is 4. The molecule has 0 radical (unpaired) electrons. The van der Waals surface area contributed by atoms with E-state index in [9.17, 15) is 4.79 Å². The summed E-state index contributed by atoms with van der Waals surface area (Å²) in [4.78, 5) is 16.6. The average molecular weight is 321 g/mol. The molecule has 0 saturated heterocycles. The number of anilines is 1. The van der Waals surface area contributed by atoms with E-state index in [1.807, 2.05) is 53.2 Å². The first-order chi connectivity index (χ1) is 11.8. The summed E-state index contributed by atoms with van der Waals surface area (Å²) in [6.45, 7) is 0.177. The molecular weight excluding hydrogens is 306 g/mol. The molecule has 2 heterocycles. The minimum Gasteiger partial charge on any atom is -0.485 e. The smallest absolute Gasteiger partial charge is 0.269 e. The number of nitrogens with one attached hydrogen (secondary N) is 1. The van der Waals surface area contributed by atoms with Gasteiger partial charge in [-0.05, 0) is 24.3 Å². The van der Waals surface area contributed by atoms with Gasteiger partial charge in [-0.25, -0.2) is 4.98 Å². The van der Waals surface area contributed by atoms with E-state index in [1.165, 1.54) is 0 Å². The number of amides is 1. The highest BCUT2D eigenvalue weighted by Gasteiger charge is 2.27. The molecule has 120 valence electrons. The van der Waals surface area contributed by atoms with E-state index in [0.717, 1.165) is 5.69 Å². The van der Waals surface area contributed by atoms with Crippen LogP contribution < -0.4 is 14.8 Å². The summed E-state index contributed by atoms with van der Waals surface area (Å²) in [5.41, 5.74) is 1.52. The quantitative estimate of drug-likeness (QED) is 0.805. The molecule has 1 aliphatic heterocycles. The van der Waals surface area contributed by atoms with Crippen molar-refractivity contribution >= 4 is 11.6 Å². The molecule has 0 spiro atoms. The third kappa shape index (κ3) is 2.69. The van der Waals surface area contributed by atoms with Crippen LogP contribution in [0.5, 0.6) is 11.5 Å². The largest absolute Gasteiger partial charge is 0.485 e. The molecule has 1 aromatic heterocycles. The summed E-state index contributed by atoms with van der Waals surface area (Å²) >= 11 is 0. The van der Waals surface area contributed by atoms with Gasteiger partial charge in [-0.1, -0.05) is 24.3 Å². The van der Waals surface area contributed by atoms with Crippen LogP contribution >= 0.6 is 0 Å². The lowest BCUT2D eigenvalue weighted by atomic mass is 10.2. The zero-order valence-corrected chi connectivity index (χ0v) is 12.8. The third-order valence-corrected chi connectivity index (χ3v) is 3.75. The van der Waals surface area contributed by atoms with Crippen LogP contribution in [0.3, 0.4) is 0 Å². The molecule has 24 heavy (non-hydrogen) atoms. The number of nitrogens with zero attached hydrogens (tertiary/aromatic N) is 2. The second-order valence-corrected chi connectivity index (χ2v) is 5.34. The Kier molecular flexibility index (Phi) is 3.63. The molecule has 0 saturated carbocycles. The van der Waals surface area contributed by atoms with Crippen molar-refractivity contribution < 1.29 is 14.3 Å². The summed E-state index contributed by atoms with van der Waals surface area (Å²) in [5, 5.41) is 2.91. The molecule has 0 bridgehead atoms. The highest BCUT2D eigenvalue weighted by atomic mass is 16.6. The van der Waals surface area contributed by atoms with Crippen molar-refractivity contribution in [2.24, 2.45) is 0 Å². The molecule has 2 aromatic carbocycles. The number of hydrogen-bond donors (Lipinski definition) is 1. The molecule has 1 atom stereocenters. The third-order valence-electron chi connectivity index (χ3n) is 3.75. The lowest BCUT2D eigenvalue weighted by Gasteiger charge is -2.25. The Labute approximate surface area is 138 Å². The lowest BCUT2D eigenvalue weighted by molar-refractivity contribution is -0.125. The maximum absolute atomic E-state index is 12.6. The fourth-order valence-electron chi connectivity index (χ4n) is 2.57. The number of carbonyl (C=O) groups excluding carboxylic acids is 1. The van der Waals surface area contributed by atoms with Crippen LogP contribution in [0, 0.1) is 0 Å². The number of fused-ring (bicyclic) bond motifs is 1. The van der Waals surface area contributed by atoms with Gasteiger partial charge in [0.05, 0.1) is 17.7 Å². The topological polar surface area (TPSA) is 65.4 Å². The minimum absolute atomic E-state index is 0.177. The molecule has 0 aliphatic carbocycles. The van der Waals surface area contributed by atoms with Crippen molar-refractivity contribution in [3.63, 3.8) is 0 Å². The number of ether oxygens (including phenoxy) is 2. The van der Waals surface area contributed by atoms with E-state index in [4.69, 9.17) is 9.47 Å². The first-order valence-electron chi connectivity index (χ1n) is 7.58. The van der Waals surface area contributed by atoms with Gasteiger partial charge in [0.15, 0.2) is 11.5 Å². The minimum atomic E-state index is -0.698. The van der Waals surface area contributed by atoms with Crippen LogP contribution in [-0.2, 0) is 4.79 Å². The molecule has 1 unspecified atom stereocenters. The Morgan fingerprint density at radius 2 is 1.92 bits per heavy atom. The number of aromatic nitrogens is 2. The first kappa shape index (κ1) is 14.3. The zero-order valence-electron chi connectivity index (χ0n) is 12.8. The van der Waals surface area contributed by atoms with E-state index >= 15 is 0 Å². The standard InChI is InChI=1S/C18H15N3O3/c22-18(17-11-23-15-7-3-4-8-16(15)24-17)20-13-5-1-2-6-14(13)21-10-9-19-12-21/h1-10,12,17H,11H2,(H,20,22). The second-order valence-electron chi connectivity index (χ2n) is 5.34. The number of carbonyl (C=O) groups is 1. The van der Waals surface area contributed by atoms with Crippen LogP contribution in [0.1, 0.15) is 0 Å². The Morgan fingerprint density at radius 1 is 1.12 bits per heavy atom. The molecular formula is C18H15N3O3. The van der Waals surface area contributed by atoms with Crippen LogP contribution in [0.15, 0.2) is 67.3 Å². The summed E-state index contributed by atoms with van der Waals surface area (Å²) in [6, 6.07) is 14.8. The predicted octanol–water partition coefficient (Wildman–Crippen LogP) is 2.65. The number of benzene rings is 2. The highest BCUT2D eigenvalue weighted by Crippen LogP contribution is 2.31. The van der Waals surface area contributed by atoms with Gasteiger partial charge in [0.25, 0.3) is 5.91 Å². The number of para-hydroxylation sites is 4. The van der Waals surface area contributed by atoms with Gasteiger partial charge < -0.3 is 19.4 Å². The van der Waals surface area contributed by atoms with Crippen molar-refractivity contribution in [1.29, 1.82) is 0 Å². The SMILES string of the molecule is O=C(Nc1ccccc1-n1ccnc1)C1COc2ccccc2O1. The Morgan fingerprint density at radius 3 is 2.75 bits per heavy atom. The van der Waals surface area contributed by atoms with Crippen molar-refractivity contribution in [2.45, 2.75) is 6.10 Å². The molecule has 1 N–H and O–H groups in total. The molecule has 1 amide bonds. The van der Waals surface area contributed by atoms with Gasteiger partial charge in [0.2, 0.25) is 6.10 Å². The van der Waals surface area contributed by atoms with Crippen LogP contribution in [0.4, 0.5) is 5.69 Å². The molecule has 4 rings (SSSR count). The Balaban J connectivity index is 1.54. The molecule has 6 heteroatoms. The van der Waals surface area contributed by atoms with Gasteiger partial charge in [0.1, 0.15) is 6.61 Å². The predicted molar refractivity (Wildman–Crippen MR) is 88.5 cm³/mol. The van der Waals surface area contributed by atoms with Gasteiger partial charge >= 0.3 is 0 Å². The summed E-state index contributed by atoms with van der Waals surface area (Å²) < 4.78 is 13.2. The Hall–Kier alpha value is -3.28. The van der Waals surface area contributed by atoms with Gasteiger partial charge in [-0.15, -0.1) is 0 Å². The molecule has 0 fully saturated rings. The Bertz CT molecular complexity index is 861. The van der Waals surface area contributed by atoms with Gasteiger partial charge in [0, 0.05) is 12.4 Å². The average Bonchev–Trinajstić information content (AvgIpc) is 3.16. The van der Waals surface area contributed by atoms with Crippen LogP contribution in [-0.4, -0.2) is 28.2 Å². The van der Waals surface area contributed by atoms with Crippen molar-refractivity contribution in [1.82, 2.24) is 9.55 Å². The fraction of sp³-hybridized carbons (Fsp3) is 0.111. The maximum Gasteiger partial charge on any atom is 0.269 e. The van der Waals surface area contributed by atoms with E-state index in [2.05, 4.69) is 10.3 Å². The van der Waals surface area contributed by atoms with Crippen molar-refractivity contribution in [3.05, 3.63) is 67.3 Å². The monoisotopic (exact) mass is 321 g/mol. The molecule has 3 aromatic rings. The highest BCUT2D eigenvalue weighted by molar-refractivity contribution is 5.96. The summed E-state index contributed by atoms with van der Waals surface area (Å²) in [5.74, 6) is 0.976. The van der Waals surface area contributed by atoms with Crippen LogP contribution in [0.2, 0.25) is 0 Å². The second kappa shape index (κ2) is 6.08.